The molecule has 0 heterocycles. The fourth-order valence-corrected chi connectivity index (χ4v) is 1.25. The summed E-state index contributed by atoms with van der Waals surface area (Å²) in [6.07, 6.45) is 0. The second-order valence-electron chi connectivity index (χ2n) is 3.54. The topological polar surface area (TPSA) is 35.6 Å². The van der Waals surface area contributed by atoms with Gasteiger partial charge in [0.15, 0.2) is 0 Å². The molecule has 1 rings (SSSR count). The molecule has 0 saturated heterocycles. The van der Waals surface area contributed by atoms with Gasteiger partial charge in [0, 0.05) is 0 Å². The quantitative estimate of drug-likeness (QED) is 0.628. The van der Waals surface area contributed by atoms with Crippen molar-refractivity contribution in [3.63, 3.8) is 0 Å². The average molecular weight is 284 g/mol. The predicted octanol–water partition coefficient (Wildman–Crippen LogP) is 0.0807. The molecule has 0 saturated carbocycles. The third-order valence-electron chi connectivity index (χ3n) is 1.97. The van der Waals surface area contributed by atoms with Crippen LogP contribution in [0.4, 0.5) is 0 Å². The van der Waals surface area contributed by atoms with Crippen molar-refractivity contribution in [1.29, 1.82) is 0 Å². The van der Waals surface area contributed by atoms with Crippen LogP contribution in [0.1, 0.15) is 10.4 Å². The van der Waals surface area contributed by atoms with E-state index in [1.807, 2.05) is 37.2 Å². The van der Waals surface area contributed by atoms with E-state index in [1.54, 1.807) is 24.2 Å². The molecule has 1 aromatic rings. The van der Waals surface area contributed by atoms with E-state index in [1.165, 1.54) is 0 Å². The molecule has 0 atom stereocenters. The average Bonchev–Trinajstić information content (AvgIpc) is 2.28. The first-order valence-corrected chi connectivity index (χ1v) is 5.69. The Kier molecular flexibility index (Phi) is 4.52. The maximum absolute atomic E-state index is 11.8. The zero-order chi connectivity index (χ0) is 12.1. The molecule has 0 unspecified atom stereocenters. The van der Waals surface area contributed by atoms with Crippen molar-refractivity contribution in [2.45, 2.75) is 0 Å². The number of hydrazine groups is 1. The summed E-state index contributed by atoms with van der Waals surface area (Å²) >= 11 is 2.89. The van der Waals surface area contributed by atoms with Crippen LogP contribution in [0.5, 0.6) is 0 Å². The van der Waals surface area contributed by atoms with Crippen molar-refractivity contribution in [1.82, 2.24) is 15.3 Å². The second kappa shape index (κ2) is 5.68. The Morgan fingerprint density at radius 1 is 1.19 bits per heavy atom. The third-order valence-corrected chi connectivity index (χ3v) is 3.32. The van der Waals surface area contributed by atoms with Gasteiger partial charge in [0.2, 0.25) is 0 Å². The Labute approximate surface area is 104 Å². The fraction of sp³-hybridized carbons (Fsp3) is 0.273. The normalized spacial score (nSPS) is 9.44. The Hall–Kier alpha value is -1.32. The summed E-state index contributed by atoms with van der Waals surface area (Å²) in [5.41, 5.74) is 3.40. The number of carbonyl (C=O) groups is 1. The molecule has 0 aliphatic rings. The molecule has 0 aromatic heterocycles. The monoisotopic (exact) mass is 285 g/mol. The van der Waals surface area contributed by atoms with Gasteiger partial charge in [-0.3, -0.25) is 0 Å². The van der Waals surface area contributed by atoms with E-state index in [0.717, 1.165) is 4.67 Å². The van der Waals surface area contributed by atoms with Crippen LogP contribution in [0.25, 0.3) is 0 Å². The van der Waals surface area contributed by atoms with E-state index >= 15 is 0 Å². The van der Waals surface area contributed by atoms with Crippen LogP contribution in [-0.2, 0) is 0 Å². The summed E-state index contributed by atoms with van der Waals surface area (Å²) in [5.74, 6) is -0.127. The van der Waals surface area contributed by atoms with Crippen LogP contribution in [0.2, 0.25) is 0 Å². The van der Waals surface area contributed by atoms with Gasteiger partial charge in [0.25, 0.3) is 0 Å². The van der Waals surface area contributed by atoms with Crippen LogP contribution in [-0.4, -0.2) is 57.2 Å². The van der Waals surface area contributed by atoms with Crippen molar-refractivity contribution in [3.05, 3.63) is 35.9 Å². The van der Waals surface area contributed by atoms with Gasteiger partial charge in [-0.15, -0.1) is 0 Å². The summed E-state index contributed by atoms with van der Waals surface area (Å²) in [4.78, 5) is 13.7. The molecule has 1 aromatic carbocycles. The molecule has 1 amide bonds. The van der Waals surface area contributed by atoms with E-state index in [2.05, 4.69) is 21.0 Å². The summed E-state index contributed by atoms with van der Waals surface area (Å²) < 4.78 is 0.837. The molecule has 5 heteroatoms. The van der Waals surface area contributed by atoms with Crippen LogP contribution in [0.15, 0.2) is 30.3 Å². The van der Waals surface area contributed by atoms with Gasteiger partial charge >= 0.3 is 103 Å². The van der Waals surface area contributed by atoms with E-state index in [-0.39, 0.29) is 5.91 Å². The van der Waals surface area contributed by atoms with Gasteiger partial charge in [0.1, 0.15) is 0 Å². The number of nitrogens with one attached hydrogen (secondary N) is 1. The van der Waals surface area contributed by atoms with E-state index < -0.39 is 0 Å². The zero-order valence-electron chi connectivity index (χ0n) is 9.60. The second-order valence-corrected chi connectivity index (χ2v) is 4.31. The van der Waals surface area contributed by atoms with Gasteiger partial charge in [-0.05, 0) is 0 Å². The first-order chi connectivity index (χ1) is 7.52. The molecule has 1 N–H and O–H groups in total. The number of carbonyl (C=O) groups excluding carboxylic acids is 1. The molecule has 86 valence electrons. The summed E-state index contributed by atoms with van der Waals surface area (Å²) in [6.45, 7) is 0. The van der Waals surface area contributed by atoms with E-state index in [9.17, 15) is 4.79 Å². The van der Waals surface area contributed by atoms with Crippen molar-refractivity contribution < 1.29 is 4.79 Å². The predicted molar refractivity (Wildman–Crippen MR) is 66.1 cm³/mol. The molecule has 16 heavy (non-hydrogen) atoms. The van der Waals surface area contributed by atoms with Crippen LogP contribution in [0.3, 0.4) is 0 Å². The van der Waals surface area contributed by atoms with Gasteiger partial charge in [-0.2, -0.15) is 0 Å². The van der Waals surface area contributed by atoms with Crippen molar-refractivity contribution in [3.8, 4) is 0 Å². The van der Waals surface area contributed by atoms with Gasteiger partial charge in [0.05, 0.1) is 0 Å². The van der Waals surface area contributed by atoms with Gasteiger partial charge < -0.3 is 0 Å². The van der Waals surface area contributed by atoms with Crippen molar-refractivity contribution in [2.24, 2.45) is 0 Å². The molecule has 0 spiro atoms. The van der Waals surface area contributed by atoms with Crippen molar-refractivity contribution in [2.75, 3.05) is 21.1 Å². The number of rotatable bonds is 4. The Morgan fingerprint density at radius 3 is 2.25 bits per heavy atom. The van der Waals surface area contributed by atoms with E-state index in [4.69, 9.17) is 0 Å². The molecule has 0 fully saturated rings. The van der Waals surface area contributed by atoms with Gasteiger partial charge in [-0.25, -0.2) is 0 Å². The first-order valence-electron chi connectivity index (χ1n) is 4.83. The zero-order valence-corrected chi connectivity index (χ0v) is 11.3. The number of nitrogens with zero attached hydrogens (tertiary/aromatic N) is 2. The minimum absolute atomic E-state index is 0.127. The molecule has 0 aliphatic carbocycles. The molecular formula is C11H15N3OSe. The molecule has 0 bridgehead atoms. The Morgan fingerprint density at radius 2 is 1.75 bits per heavy atom. The minimum atomic E-state index is -0.127. The standard InChI is InChI=1S/C11H15N3OSe/c1-13(2)11(16)14(3)12-10(15)9-7-5-4-6-8-9/h4-8H,1-3H3,(H,12,15). The van der Waals surface area contributed by atoms with Gasteiger partial charge in [-0.1, -0.05) is 0 Å². The van der Waals surface area contributed by atoms with Crippen LogP contribution < -0.4 is 5.43 Å². The summed E-state index contributed by atoms with van der Waals surface area (Å²) in [6, 6.07) is 9.11. The molecule has 0 aliphatic heterocycles. The molecule has 0 radical (unpaired) electrons. The Balaban J connectivity index is 2.62. The third kappa shape index (κ3) is 3.36. The maximum atomic E-state index is 11.8. The fourth-order valence-electron chi connectivity index (χ4n) is 1.15. The number of hydrogen-bond donors (Lipinski definition) is 1. The van der Waals surface area contributed by atoms with Crippen molar-refractivity contribution >= 4 is 26.1 Å². The van der Waals surface area contributed by atoms with Crippen LogP contribution >= 0.6 is 0 Å². The summed E-state index contributed by atoms with van der Waals surface area (Å²) in [7, 11) is 5.58. The SMILES string of the molecule is CN(C)C(=[Se])N(C)NC(=O)c1ccccc1. The molecule has 4 nitrogen and oxygen atoms in total. The molecular weight excluding hydrogens is 269 g/mol. The first kappa shape index (κ1) is 12.7. The van der Waals surface area contributed by atoms with E-state index in [0.29, 0.717) is 5.56 Å². The Bertz CT molecular complexity index is 378. The number of hydrogen-bond acceptors (Lipinski definition) is 3. The number of amides is 1. The van der Waals surface area contributed by atoms with Crippen LogP contribution in [0, 0.1) is 0 Å². The summed E-state index contributed by atoms with van der Waals surface area (Å²) in [5, 5.41) is 1.65. The number of benzene rings is 1.